The van der Waals surface area contributed by atoms with Crippen molar-refractivity contribution in [2.24, 2.45) is 5.73 Å². The first kappa shape index (κ1) is 12.2. The minimum Gasteiger partial charge on any atom is -0.313 e. The van der Waals surface area contributed by atoms with E-state index < -0.39 is 15.5 Å². The fourth-order valence-electron chi connectivity index (χ4n) is 1.30. The van der Waals surface area contributed by atoms with Crippen molar-refractivity contribution in [1.29, 1.82) is 0 Å². The van der Waals surface area contributed by atoms with Gasteiger partial charge in [0.1, 0.15) is 5.37 Å². The molecule has 0 aliphatic carbocycles. The van der Waals surface area contributed by atoms with Gasteiger partial charge in [-0.25, -0.2) is 0 Å². The predicted octanol–water partition coefficient (Wildman–Crippen LogP) is 1.18. The van der Waals surface area contributed by atoms with E-state index in [2.05, 4.69) is 0 Å². The highest BCUT2D eigenvalue weighted by Crippen LogP contribution is 2.07. The van der Waals surface area contributed by atoms with Crippen LogP contribution in [0.2, 0.25) is 0 Å². The van der Waals surface area contributed by atoms with Crippen LogP contribution in [-0.4, -0.2) is 18.3 Å². The van der Waals surface area contributed by atoms with Gasteiger partial charge in [-0.1, -0.05) is 30.3 Å². The summed E-state index contributed by atoms with van der Waals surface area (Å²) in [6, 6.07) is 9.72. The third-order valence-electron chi connectivity index (χ3n) is 2.18. The smallest absolute Gasteiger partial charge is 0.280 e. The number of rotatable bonds is 5. The first-order valence-electron chi connectivity index (χ1n) is 4.76. The van der Waals surface area contributed by atoms with E-state index in [9.17, 15) is 8.42 Å². The van der Waals surface area contributed by atoms with E-state index in [0.717, 1.165) is 12.0 Å². The van der Waals surface area contributed by atoms with Crippen molar-refractivity contribution in [2.45, 2.75) is 24.6 Å². The van der Waals surface area contributed by atoms with Crippen LogP contribution in [0.4, 0.5) is 0 Å². The average Bonchev–Trinajstić information content (AvgIpc) is 2.18. The molecule has 0 saturated carbocycles. The second-order valence-corrected chi connectivity index (χ2v) is 5.07. The SMILES string of the molecule is NC(CCCc1ccccc1)S(=O)(=O)O. The largest absolute Gasteiger partial charge is 0.313 e. The molecule has 0 aliphatic heterocycles. The summed E-state index contributed by atoms with van der Waals surface area (Å²) in [5.41, 5.74) is 6.42. The molecule has 3 N–H and O–H groups in total. The molecule has 0 radical (unpaired) electrons. The van der Waals surface area contributed by atoms with Crippen LogP contribution in [0.1, 0.15) is 18.4 Å². The van der Waals surface area contributed by atoms with E-state index in [4.69, 9.17) is 10.3 Å². The predicted molar refractivity (Wildman–Crippen MR) is 58.9 cm³/mol. The average molecular weight is 229 g/mol. The molecule has 0 fully saturated rings. The van der Waals surface area contributed by atoms with Gasteiger partial charge in [0.2, 0.25) is 0 Å². The molecule has 0 heterocycles. The fraction of sp³-hybridized carbons (Fsp3) is 0.400. The Balaban J connectivity index is 2.35. The molecule has 84 valence electrons. The van der Waals surface area contributed by atoms with E-state index in [0.29, 0.717) is 6.42 Å². The van der Waals surface area contributed by atoms with Crippen LogP contribution in [0.25, 0.3) is 0 Å². The zero-order valence-electron chi connectivity index (χ0n) is 8.33. The van der Waals surface area contributed by atoms with Gasteiger partial charge in [-0.2, -0.15) is 8.42 Å². The maximum absolute atomic E-state index is 10.6. The van der Waals surface area contributed by atoms with Gasteiger partial charge < -0.3 is 5.73 Å². The van der Waals surface area contributed by atoms with Gasteiger partial charge in [0.25, 0.3) is 10.1 Å². The first-order valence-corrected chi connectivity index (χ1v) is 6.26. The van der Waals surface area contributed by atoms with Crippen molar-refractivity contribution in [3.05, 3.63) is 35.9 Å². The van der Waals surface area contributed by atoms with Gasteiger partial charge in [-0.15, -0.1) is 0 Å². The van der Waals surface area contributed by atoms with Gasteiger partial charge >= 0.3 is 0 Å². The standard InChI is InChI=1S/C10H15NO3S/c11-10(15(12,13)14)8-4-7-9-5-2-1-3-6-9/h1-3,5-6,10H,4,7-8,11H2,(H,12,13,14). The van der Waals surface area contributed by atoms with Crippen LogP contribution in [0.5, 0.6) is 0 Å². The van der Waals surface area contributed by atoms with Crippen LogP contribution in [0, 0.1) is 0 Å². The third kappa shape index (κ3) is 4.42. The number of benzene rings is 1. The van der Waals surface area contributed by atoms with E-state index in [-0.39, 0.29) is 6.42 Å². The van der Waals surface area contributed by atoms with Crippen molar-refractivity contribution in [2.75, 3.05) is 0 Å². The maximum Gasteiger partial charge on any atom is 0.280 e. The van der Waals surface area contributed by atoms with Gasteiger partial charge in [-0.3, -0.25) is 4.55 Å². The summed E-state index contributed by atoms with van der Waals surface area (Å²) in [5.74, 6) is 0. The van der Waals surface area contributed by atoms with Crippen LogP contribution in [0.3, 0.4) is 0 Å². The van der Waals surface area contributed by atoms with Crippen molar-refractivity contribution < 1.29 is 13.0 Å². The summed E-state index contributed by atoms with van der Waals surface area (Å²) in [5, 5.41) is -1.17. The molecule has 0 bridgehead atoms. The molecule has 1 aromatic carbocycles. The second-order valence-electron chi connectivity index (χ2n) is 3.43. The highest BCUT2D eigenvalue weighted by molar-refractivity contribution is 7.86. The highest BCUT2D eigenvalue weighted by atomic mass is 32.2. The van der Waals surface area contributed by atoms with Crippen molar-refractivity contribution in [3.63, 3.8) is 0 Å². The topological polar surface area (TPSA) is 80.4 Å². The van der Waals surface area contributed by atoms with Crippen LogP contribution < -0.4 is 5.73 Å². The Hall–Kier alpha value is -0.910. The van der Waals surface area contributed by atoms with E-state index in [1.54, 1.807) is 0 Å². The minimum atomic E-state index is -4.08. The zero-order chi connectivity index (χ0) is 11.3. The molecule has 4 nitrogen and oxygen atoms in total. The molecule has 15 heavy (non-hydrogen) atoms. The normalized spacial score (nSPS) is 13.7. The van der Waals surface area contributed by atoms with Crippen LogP contribution in [0.15, 0.2) is 30.3 Å². The van der Waals surface area contributed by atoms with E-state index in [1.165, 1.54) is 0 Å². The molecular weight excluding hydrogens is 214 g/mol. The third-order valence-corrected chi connectivity index (χ3v) is 3.18. The first-order chi connectivity index (χ1) is 7.00. The number of hydrogen-bond acceptors (Lipinski definition) is 3. The Kier molecular flexibility index (Phi) is 4.26. The maximum atomic E-state index is 10.6. The van der Waals surface area contributed by atoms with Gasteiger partial charge in [0, 0.05) is 0 Å². The highest BCUT2D eigenvalue weighted by Gasteiger charge is 2.16. The molecule has 1 rings (SSSR count). The number of nitrogens with two attached hydrogens (primary N) is 1. The summed E-state index contributed by atoms with van der Waals surface area (Å²) in [4.78, 5) is 0. The molecule has 0 saturated heterocycles. The zero-order valence-corrected chi connectivity index (χ0v) is 9.15. The number of aryl methyl sites for hydroxylation is 1. The quantitative estimate of drug-likeness (QED) is 0.743. The van der Waals surface area contributed by atoms with Crippen molar-refractivity contribution in [3.8, 4) is 0 Å². The summed E-state index contributed by atoms with van der Waals surface area (Å²) in [7, 11) is -4.08. The van der Waals surface area contributed by atoms with Crippen molar-refractivity contribution >= 4 is 10.1 Å². The lowest BCUT2D eigenvalue weighted by molar-refractivity contribution is 0.461. The molecule has 1 unspecified atom stereocenters. The summed E-state index contributed by atoms with van der Waals surface area (Å²) < 4.78 is 29.8. The van der Waals surface area contributed by atoms with Gasteiger partial charge in [0.05, 0.1) is 0 Å². The lowest BCUT2D eigenvalue weighted by Gasteiger charge is -2.07. The molecule has 0 amide bonds. The molecule has 0 aliphatic rings. The Labute approximate surface area is 89.9 Å². The summed E-state index contributed by atoms with van der Waals surface area (Å²) in [6.07, 6.45) is 1.68. The van der Waals surface area contributed by atoms with Crippen molar-refractivity contribution in [1.82, 2.24) is 0 Å². The molecule has 0 aromatic heterocycles. The van der Waals surface area contributed by atoms with Crippen LogP contribution >= 0.6 is 0 Å². The lowest BCUT2D eigenvalue weighted by atomic mass is 10.1. The fourth-order valence-corrected chi connectivity index (χ4v) is 1.77. The van der Waals surface area contributed by atoms with Gasteiger partial charge in [-0.05, 0) is 24.8 Å². The Bertz CT molecular complexity index is 388. The Morgan fingerprint density at radius 1 is 1.27 bits per heavy atom. The van der Waals surface area contributed by atoms with E-state index in [1.807, 2.05) is 30.3 Å². The number of hydrogen-bond donors (Lipinski definition) is 2. The van der Waals surface area contributed by atoms with Gasteiger partial charge in [0.15, 0.2) is 0 Å². The lowest BCUT2D eigenvalue weighted by Crippen LogP contribution is -2.29. The Morgan fingerprint density at radius 2 is 1.87 bits per heavy atom. The summed E-state index contributed by atoms with van der Waals surface area (Å²) in [6.45, 7) is 0. The van der Waals surface area contributed by atoms with E-state index >= 15 is 0 Å². The molecular formula is C10H15NO3S. The van der Waals surface area contributed by atoms with Crippen LogP contribution in [-0.2, 0) is 16.5 Å². The summed E-state index contributed by atoms with van der Waals surface area (Å²) >= 11 is 0. The second kappa shape index (κ2) is 5.25. The molecule has 1 atom stereocenters. The minimum absolute atomic E-state index is 0.272. The molecule has 5 heteroatoms. The Morgan fingerprint density at radius 3 is 2.40 bits per heavy atom. The monoisotopic (exact) mass is 229 g/mol. The molecule has 1 aromatic rings. The molecule has 0 spiro atoms.